The van der Waals surface area contributed by atoms with Gasteiger partial charge in [0.25, 0.3) is 0 Å². The fourth-order valence-corrected chi connectivity index (χ4v) is 1.88. The molecule has 7 nitrogen and oxygen atoms in total. The van der Waals surface area contributed by atoms with Crippen LogP contribution in [-0.2, 0) is 14.3 Å². The molecule has 0 aromatic carbocycles. The summed E-state index contributed by atoms with van der Waals surface area (Å²) in [6.45, 7) is 6.09. The molecule has 1 fully saturated rings. The van der Waals surface area contributed by atoms with E-state index < -0.39 is 6.09 Å². The molecule has 108 valence electrons. The molecular formula is C12H21N3O4. The number of carbonyl (C=O) groups excluding carboxylic acids is 3. The zero-order valence-corrected chi connectivity index (χ0v) is 11.5. The van der Waals surface area contributed by atoms with Crippen molar-refractivity contribution in [1.29, 1.82) is 0 Å². The van der Waals surface area contributed by atoms with Gasteiger partial charge in [0, 0.05) is 46.1 Å². The Morgan fingerprint density at radius 2 is 1.68 bits per heavy atom. The Morgan fingerprint density at radius 1 is 1.11 bits per heavy atom. The number of rotatable bonds is 4. The van der Waals surface area contributed by atoms with Crippen molar-refractivity contribution >= 4 is 17.9 Å². The Bertz CT molecular complexity index is 338. The number of piperazine rings is 1. The number of alkyl carbamates (subject to hydrolysis) is 1. The highest BCUT2D eigenvalue weighted by Crippen LogP contribution is 2.03. The highest BCUT2D eigenvalue weighted by atomic mass is 16.5. The molecule has 0 saturated carbocycles. The third-order valence-electron chi connectivity index (χ3n) is 2.96. The molecule has 1 rings (SSSR count). The number of carbonyl (C=O) groups is 3. The van der Waals surface area contributed by atoms with Crippen LogP contribution in [0, 0.1) is 0 Å². The number of hydrogen-bond acceptors (Lipinski definition) is 4. The third-order valence-corrected chi connectivity index (χ3v) is 2.96. The van der Waals surface area contributed by atoms with E-state index in [2.05, 4.69) is 5.32 Å². The van der Waals surface area contributed by atoms with Crippen LogP contribution in [0.4, 0.5) is 4.79 Å². The summed E-state index contributed by atoms with van der Waals surface area (Å²) in [5, 5.41) is 2.51. The monoisotopic (exact) mass is 271 g/mol. The molecular weight excluding hydrogens is 250 g/mol. The summed E-state index contributed by atoms with van der Waals surface area (Å²) in [5.74, 6) is 0.0241. The molecule has 0 radical (unpaired) electrons. The van der Waals surface area contributed by atoms with Crippen LogP contribution in [0.5, 0.6) is 0 Å². The highest BCUT2D eigenvalue weighted by molar-refractivity contribution is 5.78. The van der Waals surface area contributed by atoms with Crippen LogP contribution in [0.1, 0.15) is 20.3 Å². The molecule has 1 aliphatic heterocycles. The molecule has 7 heteroatoms. The van der Waals surface area contributed by atoms with E-state index in [4.69, 9.17) is 4.74 Å². The summed E-state index contributed by atoms with van der Waals surface area (Å²) >= 11 is 0. The minimum atomic E-state index is -0.503. The molecule has 3 amide bonds. The van der Waals surface area contributed by atoms with E-state index in [9.17, 15) is 14.4 Å². The Labute approximate surface area is 112 Å². The van der Waals surface area contributed by atoms with Crippen LogP contribution in [-0.4, -0.2) is 67.0 Å². The molecule has 0 aliphatic carbocycles. The van der Waals surface area contributed by atoms with Gasteiger partial charge < -0.3 is 19.9 Å². The van der Waals surface area contributed by atoms with Crippen molar-refractivity contribution in [2.45, 2.75) is 20.3 Å². The number of amides is 3. The molecule has 19 heavy (non-hydrogen) atoms. The smallest absolute Gasteiger partial charge is 0.407 e. The van der Waals surface area contributed by atoms with Gasteiger partial charge in [-0.15, -0.1) is 0 Å². The lowest BCUT2D eigenvalue weighted by Crippen LogP contribution is -2.50. The van der Waals surface area contributed by atoms with Gasteiger partial charge in [-0.1, -0.05) is 0 Å². The summed E-state index contributed by atoms with van der Waals surface area (Å²) in [6, 6.07) is 0. The molecule has 0 unspecified atom stereocenters. The third kappa shape index (κ3) is 5.15. The zero-order valence-electron chi connectivity index (χ0n) is 11.5. The van der Waals surface area contributed by atoms with Crippen LogP contribution in [0.3, 0.4) is 0 Å². The first-order valence-corrected chi connectivity index (χ1v) is 6.48. The van der Waals surface area contributed by atoms with Gasteiger partial charge in [-0.3, -0.25) is 9.59 Å². The molecule has 1 aliphatic rings. The summed E-state index contributed by atoms with van der Waals surface area (Å²) < 4.78 is 4.69. The van der Waals surface area contributed by atoms with Crippen molar-refractivity contribution in [3.63, 3.8) is 0 Å². The minimum absolute atomic E-state index is 0.0139. The van der Waals surface area contributed by atoms with Crippen molar-refractivity contribution in [3.05, 3.63) is 0 Å². The normalized spacial score (nSPS) is 15.1. The second-order valence-electron chi connectivity index (χ2n) is 4.28. The number of hydrogen-bond donors (Lipinski definition) is 1. The lowest BCUT2D eigenvalue weighted by Gasteiger charge is -2.34. The van der Waals surface area contributed by atoms with Gasteiger partial charge in [0.15, 0.2) is 0 Å². The fourth-order valence-electron chi connectivity index (χ4n) is 1.88. The first-order valence-electron chi connectivity index (χ1n) is 6.48. The summed E-state index contributed by atoms with van der Waals surface area (Å²) in [6.07, 6.45) is -0.254. The van der Waals surface area contributed by atoms with Gasteiger partial charge in [0.1, 0.15) is 0 Å². The van der Waals surface area contributed by atoms with Crippen molar-refractivity contribution in [2.24, 2.45) is 0 Å². The van der Waals surface area contributed by atoms with Crippen LogP contribution in [0.15, 0.2) is 0 Å². The first kappa shape index (κ1) is 15.3. The van der Waals surface area contributed by atoms with Crippen LogP contribution in [0.2, 0.25) is 0 Å². The molecule has 1 N–H and O–H groups in total. The Balaban J connectivity index is 2.21. The molecule has 0 aromatic rings. The molecule has 0 aromatic heterocycles. The maximum Gasteiger partial charge on any atom is 0.407 e. The molecule has 0 spiro atoms. The average molecular weight is 271 g/mol. The Hall–Kier alpha value is -1.79. The van der Waals surface area contributed by atoms with E-state index in [1.807, 2.05) is 0 Å². The summed E-state index contributed by atoms with van der Waals surface area (Å²) in [7, 11) is 0. The van der Waals surface area contributed by atoms with Gasteiger partial charge in [-0.2, -0.15) is 0 Å². The Morgan fingerprint density at radius 3 is 2.21 bits per heavy atom. The number of nitrogens with one attached hydrogen (secondary N) is 1. The molecule has 1 saturated heterocycles. The van der Waals surface area contributed by atoms with E-state index in [0.717, 1.165) is 0 Å². The lowest BCUT2D eigenvalue weighted by atomic mass is 10.2. The second kappa shape index (κ2) is 7.60. The minimum Gasteiger partial charge on any atom is -0.450 e. The van der Waals surface area contributed by atoms with E-state index in [-0.39, 0.29) is 24.8 Å². The maximum absolute atomic E-state index is 11.8. The first-order chi connectivity index (χ1) is 9.04. The van der Waals surface area contributed by atoms with Crippen molar-refractivity contribution < 1.29 is 19.1 Å². The topological polar surface area (TPSA) is 79.0 Å². The standard InChI is InChI=1S/C12H21N3O4/c1-3-19-12(18)13-5-4-11(17)15-8-6-14(7-9-15)10(2)16/h3-9H2,1-2H3,(H,13,18). The van der Waals surface area contributed by atoms with E-state index in [1.54, 1.807) is 16.7 Å². The lowest BCUT2D eigenvalue weighted by molar-refractivity contribution is -0.138. The van der Waals surface area contributed by atoms with Gasteiger partial charge in [0.2, 0.25) is 11.8 Å². The number of ether oxygens (including phenoxy) is 1. The molecule has 0 bridgehead atoms. The Kier molecular flexibility index (Phi) is 6.11. The molecule has 1 heterocycles. The molecule has 0 atom stereocenters. The fraction of sp³-hybridized carbons (Fsp3) is 0.750. The van der Waals surface area contributed by atoms with Gasteiger partial charge in [-0.05, 0) is 6.92 Å². The van der Waals surface area contributed by atoms with Crippen LogP contribution < -0.4 is 5.32 Å². The largest absolute Gasteiger partial charge is 0.450 e. The quantitative estimate of drug-likeness (QED) is 0.769. The maximum atomic E-state index is 11.8. The van der Waals surface area contributed by atoms with E-state index in [1.165, 1.54) is 6.92 Å². The average Bonchev–Trinajstić information content (AvgIpc) is 2.39. The van der Waals surface area contributed by atoms with Gasteiger partial charge in [0.05, 0.1) is 6.61 Å². The van der Waals surface area contributed by atoms with Crippen LogP contribution in [0.25, 0.3) is 0 Å². The van der Waals surface area contributed by atoms with Crippen molar-refractivity contribution in [1.82, 2.24) is 15.1 Å². The zero-order chi connectivity index (χ0) is 14.3. The van der Waals surface area contributed by atoms with Crippen LogP contribution >= 0.6 is 0 Å². The summed E-state index contributed by atoms with van der Waals surface area (Å²) in [4.78, 5) is 37.4. The van der Waals surface area contributed by atoms with Gasteiger partial charge >= 0.3 is 6.09 Å². The summed E-state index contributed by atoms with van der Waals surface area (Å²) in [5.41, 5.74) is 0. The number of nitrogens with zero attached hydrogens (tertiary/aromatic N) is 2. The van der Waals surface area contributed by atoms with E-state index >= 15 is 0 Å². The van der Waals surface area contributed by atoms with Crippen molar-refractivity contribution in [2.75, 3.05) is 39.3 Å². The predicted molar refractivity (Wildman–Crippen MR) is 68.5 cm³/mol. The SMILES string of the molecule is CCOC(=O)NCCC(=O)N1CCN(C(C)=O)CC1. The van der Waals surface area contributed by atoms with Crippen molar-refractivity contribution in [3.8, 4) is 0 Å². The highest BCUT2D eigenvalue weighted by Gasteiger charge is 2.21. The second-order valence-corrected chi connectivity index (χ2v) is 4.28. The van der Waals surface area contributed by atoms with E-state index in [0.29, 0.717) is 32.8 Å². The predicted octanol–water partition coefficient (Wildman–Crippen LogP) is -0.187. The van der Waals surface area contributed by atoms with Gasteiger partial charge in [-0.25, -0.2) is 4.79 Å².